The summed E-state index contributed by atoms with van der Waals surface area (Å²) in [6.07, 6.45) is 2.19. The van der Waals surface area contributed by atoms with E-state index in [1.54, 1.807) is 6.07 Å². The van der Waals surface area contributed by atoms with Gasteiger partial charge in [0, 0.05) is 18.3 Å². The van der Waals surface area contributed by atoms with Crippen molar-refractivity contribution in [1.29, 1.82) is 0 Å². The Kier molecular flexibility index (Phi) is 1.75. The van der Waals surface area contributed by atoms with E-state index in [0.717, 1.165) is 25.3 Å². The van der Waals surface area contributed by atoms with Crippen LogP contribution in [0.1, 0.15) is 19.0 Å². The number of hydrogen-bond acceptors (Lipinski definition) is 1. The highest BCUT2D eigenvalue weighted by atomic mass is 16.1. The summed E-state index contributed by atoms with van der Waals surface area (Å²) in [6.45, 7) is 3.14. The van der Waals surface area contributed by atoms with Crippen molar-refractivity contribution in [2.45, 2.75) is 26.3 Å². The van der Waals surface area contributed by atoms with Crippen molar-refractivity contribution < 1.29 is 0 Å². The first-order valence-corrected chi connectivity index (χ1v) is 4.46. The Labute approximate surface area is 71.8 Å². The molecule has 1 aromatic rings. The van der Waals surface area contributed by atoms with Gasteiger partial charge in [0.1, 0.15) is 0 Å². The van der Waals surface area contributed by atoms with Crippen LogP contribution in [0.15, 0.2) is 23.0 Å². The Bertz CT molecular complexity index is 340. The quantitative estimate of drug-likeness (QED) is 0.567. The molecule has 1 aromatic heterocycles. The number of pyridine rings is 1. The molecule has 2 heteroatoms. The van der Waals surface area contributed by atoms with Crippen LogP contribution in [0, 0.1) is 5.92 Å². The first-order chi connectivity index (χ1) is 5.77. The van der Waals surface area contributed by atoms with Crippen LogP contribution in [0.4, 0.5) is 0 Å². The smallest absolute Gasteiger partial charge is 0.250 e. The molecule has 0 fully saturated rings. The molecule has 0 saturated heterocycles. The van der Waals surface area contributed by atoms with Gasteiger partial charge in [-0.2, -0.15) is 0 Å². The van der Waals surface area contributed by atoms with E-state index in [2.05, 4.69) is 13.0 Å². The van der Waals surface area contributed by atoms with Crippen LogP contribution in [0.3, 0.4) is 0 Å². The highest BCUT2D eigenvalue weighted by molar-refractivity contribution is 5.09. The lowest BCUT2D eigenvalue weighted by Gasteiger charge is -2.22. The first-order valence-electron chi connectivity index (χ1n) is 4.46. The maximum absolute atomic E-state index is 11.3. The van der Waals surface area contributed by atoms with Crippen molar-refractivity contribution in [1.82, 2.24) is 4.57 Å². The summed E-state index contributed by atoms with van der Waals surface area (Å²) < 4.78 is 1.89. The van der Waals surface area contributed by atoms with Gasteiger partial charge >= 0.3 is 0 Å². The maximum atomic E-state index is 11.3. The van der Waals surface area contributed by atoms with Crippen molar-refractivity contribution in [2.24, 2.45) is 5.92 Å². The molecule has 0 unspecified atom stereocenters. The molecule has 0 aliphatic carbocycles. The van der Waals surface area contributed by atoms with Crippen LogP contribution in [-0.2, 0) is 13.0 Å². The van der Waals surface area contributed by atoms with Gasteiger partial charge in [-0.25, -0.2) is 0 Å². The lowest BCUT2D eigenvalue weighted by atomic mass is 9.97. The maximum Gasteiger partial charge on any atom is 0.250 e. The minimum Gasteiger partial charge on any atom is -0.313 e. The Morgan fingerprint density at radius 1 is 1.50 bits per heavy atom. The lowest BCUT2D eigenvalue weighted by Crippen LogP contribution is -2.28. The second-order valence-corrected chi connectivity index (χ2v) is 3.60. The molecule has 0 amide bonds. The highest BCUT2D eigenvalue weighted by Crippen LogP contribution is 2.16. The number of rotatable bonds is 0. The normalized spacial score (nSPS) is 21.9. The van der Waals surface area contributed by atoms with E-state index in [-0.39, 0.29) is 5.56 Å². The van der Waals surface area contributed by atoms with Gasteiger partial charge in [0.15, 0.2) is 0 Å². The van der Waals surface area contributed by atoms with Crippen LogP contribution in [0.5, 0.6) is 0 Å². The van der Waals surface area contributed by atoms with Crippen LogP contribution in [-0.4, -0.2) is 4.57 Å². The van der Waals surface area contributed by atoms with Crippen LogP contribution in [0.25, 0.3) is 0 Å². The molecule has 1 atom stereocenters. The average molecular weight is 163 g/mol. The van der Waals surface area contributed by atoms with E-state index >= 15 is 0 Å². The van der Waals surface area contributed by atoms with E-state index in [9.17, 15) is 4.79 Å². The van der Waals surface area contributed by atoms with Crippen LogP contribution in [0.2, 0.25) is 0 Å². The van der Waals surface area contributed by atoms with E-state index in [1.807, 2.05) is 10.6 Å². The monoisotopic (exact) mass is 163 g/mol. The van der Waals surface area contributed by atoms with Crippen molar-refractivity contribution in [3.63, 3.8) is 0 Å². The molecule has 1 aliphatic rings. The van der Waals surface area contributed by atoms with Crippen molar-refractivity contribution in [3.8, 4) is 0 Å². The minimum absolute atomic E-state index is 0.152. The topological polar surface area (TPSA) is 22.0 Å². The van der Waals surface area contributed by atoms with Crippen LogP contribution >= 0.6 is 0 Å². The summed E-state index contributed by atoms with van der Waals surface area (Å²) in [4.78, 5) is 11.3. The molecule has 0 bridgehead atoms. The Morgan fingerprint density at radius 2 is 2.33 bits per heavy atom. The predicted molar refractivity (Wildman–Crippen MR) is 48.2 cm³/mol. The average Bonchev–Trinajstić information content (AvgIpc) is 2.04. The number of nitrogens with zero attached hydrogens (tertiary/aromatic N) is 1. The number of fused-ring (bicyclic) bond motifs is 1. The zero-order valence-corrected chi connectivity index (χ0v) is 7.29. The summed E-state index contributed by atoms with van der Waals surface area (Å²) in [7, 11) is 0. The molecule has 0 aromatic carbocycles. The van der Waals surface area contributed by atoms with Gasteiger partial charge in [0.05, 0.1) is 0 Å². The second-order valence-electron chi connectivity index (χ2n) is 3.60. The van der Waals surface area contributed by atoms with Gasteiger partial charge in [-0.15, -0.1) is 0 Å². The zero-order valence-electron chi connectivity index (χ0n) is 7.29. The van der Waals surface area contributed by atoms with Crippen molar-refractivity contribution in [2.75, 3.05) is 0 Å². The Hall–Kier alpha value is -1.05. The fourth-order valence-electron chi connectivity index (χ4n) is 1.80. The van der Waals surface area contributed by atoms with Gasteiger partial charge in [-0.1, -0.05) is 13.0 Å². The summed E-state index contributed by atoms with van der Waals surface area (Å²) >= 11 is 0. The third-order valence-corrected chi connectivity index (χ3v) is 2.54. The van der Waals surface area contributed by atoms with Gasteiger partial charge in [-0.05, 0) is 24.8 Å². The molecule has 64 valence electrons. The van der Waals surface area contributed by atoms with Crippen molar-refractivity contribution >= 4 is 0 Å². The van der Waals surface area contributed by atoms with Crippen molar-refractivity contribution in [3.05, 3.63) is 34.2 Å². The molecule has 12 heavy (non-hydrogen) atoms. The molecular formula is C10H13NO. The summed E-state index contributed by atoms with van der Waals surface area (Å²) in [6, 6.07) is 5.54. The highest BCUT2D eigenvalue weighted by Gasteiger charge is 2.14. The molecule has 2 nitrogen and oxygen atoms in total. The number of hydrogen-bond donors (Lipinski definition) is 0. The summed E-state index contributed by atoms with van der Waals surface area (Å²) in [5.41, 5.74) is 1.35. The summed E-state index contributed by atoms with van der Waals surface area (Å²) in [5.74, 6) is 0.729. The third kappa shape index (κ3) is 1.17. The van der Waals surface area contributed by atoms with Gasteiger partial charge in [0.25, 0.3) is 5.56 Å². The van der Waals surface area contributed by atoms with E-state index < -0.39 is 0 Å². The second kappa shape index (κ2) is 2.77. The van der Waals surface area contributed by atoms with E-state index in [4.69, 9.17) is 0 Å². The van der Waals surface area contributed by atoms with E-state index in [1.165, 1.54) is 5.69 Å². The Balaban J connectivity index is 2.49. The number of aromatic nitrogens is 1. The molecule has 2 heterocycles. The molecule has 0 radical (unpaired) electrons. The lowest BCUT2D eigenvalue weighted by molar-refractivity contribution is 0.406. The van der Waals surface area contributed by atoms with Crippen LogP contribution < -0.4 is 5.56 Å². The molecule has 0 spiro atoms. The van der Waals surface area contributed by atoms with Gasteiger partial charge < -0.3 is 4.57 Å². The van der Waals surface area contributed by atoms with Gasteiger partial charge in [0.2, 0.25) is 0 Å². The molecule has 2 rings (SSSR count). The minimum atomic E-state index is 0.152. The molecular weight excluding hydrogens is 150 g/mol. The van der Waals surface area contributed by atoms with E-state index in [0.29, 0.717) is 0 Å². The predicted octanol–water partition coefficient (Wildman–Crippen LogP) is 1.43. The summed E-state index contributed by atoms with van der Waals surface area (Å²) in [5, 5.41) is 0. The SMILES string of the molecule is C[C@@H]1CCn2c(cccc2=O)C1. The Morgan fingerprint density at radius 3 is 3.17 bits per heavy atom. The van der Waals surface area contributed by atoms with Gasteiger partial charge in [-0.3, -0.25) is 4.79 Å². The third-order valence-electron chi connectivity index (χ3n) is 2.54. The zero-order chi connectivity index (χ0) is 8.55. The fraction of sp³-hybridized carbons (Fsp3) is 0.500. The molecule has 0 N–H and O–H groups in total. The fourth-order valence-corrected chi connectivity index (χ4v) is 1.80. The molecule has 1 aliphatic heterocycles. The standard InChI is InChI=1S/C10H13NO/c1-8-5-6-11-9(7-8)3-2-4-10(11)12/h2-4,8H,5-7H2,1H3/t8-/m1/s1. The first kappa shape index (κ1) is 7.59. The largest absolute Gasteiger partial charge is 0.313 e. The molecule has 0 saturated carbocycles.